The lowest BCUT2D eigenvalue weighted by Gasteiger charge is -1.95. The van der Waals surface area contributed by atoms with Crippen LogP contribution in [-0.4, -0.2) is 0 Å². The van der Waals surface area contributed by atoms with Gasteiger partial charge in [-0.15, -0.1) is 0 Å². The molecule has 2 rings (SSSR count). The summed E-state index contributed by atoms with van der Waals surface area (Å²) >= 11 is 0. The summed E-state index contributed by atoms with van der Waals surface area (Å²) in [5.74, 6) is 1.30. The Morgan fingerprint density at radius 3 is 2.47 bits per heavy atom. The van der Waals surface area contributed by atoms with Crippen LogP contribution >= 0.6 is 0 Å². The third-order valence-electron chi connectivity index (χ3n) is 2.37. The highest BCUT2D eigenvalue weighted by molar-refractivity contribution is 5.58. The molecule has 78 valence electrons. The molecule has 0 fully saturated rings. The van der Waals surface area contributed by atoms with Crippen LogP contribution in [0, 0.1) is 12.7 Å². The second-order valence-electron chi connectivity index (χ2n) is 3.40. The van der Waals surface area contributed by atoms with Gasteiger partial charge < -0.3 is 10.2 Å². The van der Waals surface area contributed by atoms with E-state index in [9.17, 15) is 4.39 Å². The Hall–Kier alpha value is -1.61. The minimum absolute atomic E-state index is 0.249. The number of furan rings is 1. The highest BCUT2D eigenvalue weighted by atomic mass is 19.1. The number of hydrogen-bond donors (Lipinski definition) is 1. The SMILES string of the molecule is Cc1oc(-c2ccc(F)cc2)cc1CN. The molecule has 3 heteroatoms. The van der Waals surface area contributed by atoms with Crippen LogP contribution in [0.25, 0.3) is 11.3 Å². The average molecular weight is 205 g/mol. The molecule has 0 spiro atoms. The van der Waals surface area contributed by atoms with Gasteiger partial charge in [-0.2, -0.15) is 0 Å². The van der Waals surface area contributed by atoms with Crippen LogP contribution in [-0.2, 0) is 6.54 Å². The first kappa shape index (κ1) is 9.93. The molecular formula is C12H12FNO. The maximum atomic E-state index is 12.7. The topological polar surface area (TPSA) is 39.2 Å². The van der Waals surface area contributed by atoms with E-state index in [-0.39, 0.29) is 5.82 Å². The molecule has 0 radical (unpaired) electrons. The Kier molecular flexibility index (Phi) is 2.56. The zero-order valence-electron chi connectivity index (χ0n) is 8.46. The summed E-state index contributed by atoms with van der Waals surface area (Å²) in [6.45, 7) is 2.33. The summed E-state index contributed by atoms with van der Waals surface area (Å²) in [6, 6.07) is 8.09. The van der Waals surface area contributed by atoms with Crippen LogP contribution < -0.4 is 5.73 Å². The van der Waals surface area contributed by atoms with Crippen molar-refractivity contribution in [2.75, 3.05) is 0 Å². The van der Waals surface area contributed by atoms with Crippen molar-refractivity contribution >= 4 is 0 Å². The summed E-state index contributed by atoms with van der Waals surface area (Å²) in [4.78, 5) is 0. The van der Waals surface area contributed by atoms with Crippen molar-refractivity contribution in [3.8, 4) is 11.3 Å². The summed E-state index contributed by atoms with van der Waals surface area (Å²) in [5.41, 5.74) is 7.39. The van der Waals surface area contributed by atoms with Crippen molar-refractivity contribution in [2.45, 2.75) is 13.5 Å². The summed E-state index contributed by atoms with van der Waals surface area (Å²) in [6.07, 6.45) is 0. The van der Waals surface area contributed by atoms with E-state index in [4.69, 9.17) is 10.2 Å². The van der Waals surface area contributed by atoms with Gasteiger partial charge in [-0.3, -0.25) is 0 Å². The lowest BCUT2D eigenvalue weighted by atomic mass is 10.1. The van der Waals surface area contributed by atoms with Gasteiger partial charge in [0.1, 0.15) is 17.3 Å². The van der Waals surface area contributed by atoms with Gasteiger partial charge in [0, 0.05) is 17.7 Å². The minimum atomic E-state index is -0.249. The maximum absolute atomic E-state index is 12.7. The standard InChI is InChI=1S/C12H12FNO/c1-8-10(7-14)6-12(15-8)9-2-4-11(13)5-3-9/h2-6H,7,14H2,1H3. The second-order valence-corrected chi connectivity index (χ2v) is 3.40. The molecule has 0 atom stereocenters. The monoisotopic (exact) mass is 205 g/mol. The molecule has 0 unspecified atom stereocenters. The maximum Gasteiger partial charge on any atom is 0.134 e. The molecule has 15 heavy (non-hydrogen) atoms. The van der Waals surface area contributed by atoms with Crippen molar-refractivity contribution in [3.05, 3.63) is 47.5 Å². The van der Waals surface area contributed by atoms with E-state index in [1.165, 1.54) is 12.1 Å². The molecule has 0 saturated heterocycles. The molecule has 0 aliphatic carbocycles. The Labute approximate surface area is 87.5 Å². The van der Waals surface area contributed by atoms with Crippen molar-refractivity contribution < 1.29 is 8.81 Å². The first-order valence-corrected chi connectivity index (χ1v) is 4.76. The van der Waals surface area contributed by atoms with E-state index in [0.717, 1.165) is 22.6 Å². The molecule has 0 bridgehead atoms. The number of aryl methyl sites for hydroxylation is 1. The molecule has 0 aliphatic rings. The first-order chi connectivity index (χ1) is 7.20. The molecule has 2 nitrogen and oxygen atoms in total. The van der Waals surface area contributed by atoms with Gasteiger partial charge in [0.15, 0.2) is 0 Å². The van der Waals surface area contributed by atoms with E-state index in [2.05, 4.69) is 0 Å². The largest absolute Gasteiger partial charge is 0.461 e. The highest BCUT2D eigenvalue weighted by Gasteiger charge is 2.07. The Balaban J connectivity index is 2.41. The highest BCUT2D eigenvalue weighted by Crippen LogP contribution is 2.25. The van der Waals surface area contributed by atoms with Crippen molar-refractivity contribution in [1.82, 2.24) is 0 Å². The zero-order valence-corrected chi connectivity index (χ0v) is 8.46. The third kappa shape index (κ3) is 1.92. The Morgan fingerprint density at radius 1 is 1.27 bits per heavy atom. The van der Waals surface area contributed by atoms with E-state index in [1.54, 1.807) is 12.1 Å². The molecule has 1 heterocycles. The molecule has 0 aliphatic heterocycles. The van der Waals surface area contributed by atoms with Gasteiger partial charge in [0.25, 0.3) is 0 Å². The van der Waals surface area contributed by atoms with Gasteiger partial charge >= 0.3 is 0 Å². The molecule has 2 N–H and O–H groups in total. The fourth-order valence-corrected chi connectivity index (χ4v) is 1.48. The minimum Gasteiger partial charge on any atom is -0.461 e. The van der Waals surface area contributed by atoms with Gasteiger partial charge in [0.2, 0.25) is 0 Å². The smallest absolute Gasteiger partial charge is 0.134 e. The van der Waals surface area contributed by atoms with Crippen LogP contribution in [0.15, 0.2) is 34.7 Å². The van der Waals surface area contributed by atoms with Crippen LogP contribution in [0.4, 0.5) is 4.39 Å². The van der Waals surface area contributed by atoms with Crippen LogP contribution in [0.1, 0.15) is 11.3 Å². The predicted molar refractivity (Wildman–Crippen MR) is 56.7 cm³/mol. The van der Waals surface area contributed by atoms with E-state index < -0.39 is 0 Å². The number of nitrogens with two attached hydrogens (primary N) is 1. The first-order valence-electron chi connectivity index (χ1n) is 4.76. The normalized spacial score (nSPS) is 10.6. The number of benzene rings is 1. The average Bonchev–Trinajstić information content (AvgIpc) is 2.61. The van der Waals surface area contributed by atoms with Crippen LogP contribution in [0.3, 0.4) is 0 Å². The third-order valence-corrected chi connectivity index (χ3v) is 2.37. The lowest BCUT2D eigenvalue weighted by Crippen LogP contribution is -1.95. The fourth-order valence-electron chi connectivity index (χ4n) is 1.48. The molecule has 1 aromatic heterocycles. The van der Waals surface area contributed by atoms with Gasteiger partial charge in [-0.1, -0.05) is 0 Å². The number of hydrogen-bond acceptors (Lipinski definition) is 2. The molecule has 2 aromatic rings. The summed E-state index contributed by atoms with van der Waals surface area (Å²) in [7, 11) is 0. The second kappa shape index (κ2) is 3.87. The summed E-state index contributed by atoms with van der Waals surface area (Å²) < 4.78 is 18.2. The van der Waals surface area contributed by atoms with Gasteiger partial charge in [-0.05, 0) is 37.3 Å². The Morgan fingerprint density at radius 2 is 1.93 bits per heavy atom. The van der Waals surface area contributed by atoms with Crippen molar-refractivity contribution in [3.63, 3.8) is 0 Å². The molecule has 1 aromatic carbocycles. The summed E-state index contributed by atoms with van der Waals surface area (Å²) in [5, 5.41) is 0. The molecular weight excluding hydrogens is 193 g/mol. The van der Waals surface area contributed by atoms with E-state index in [0.29, 0.717) is 6.54 Å². The van der Waals surface area contributed by atoms with Gasteiger partial charge in [-0.25, -0.2) is 4.39 Å². The number of rotatable bonds is 2. The van der Waals surface area contributed by atoms with Crippen molar-refractivity contribution in [1.29, 1.82) is 0 Å². The molecule has 0 saturated carbocycles. The molecule has 0 amide bonds. The van der Waals surface area contributed by atoms with E-state index in [1.807, 2.05) is 13.0 Å². The fraction of sp³-hybridized carbons (Fsp3) is 0.167. The van der Waals surface area contributed by atoms with Crippen LogP contribution in [0.2, 0.25) is 0 Å². The van der Waals surface area contributed by atoms with Crippen molar-refractivity contribution in [2.24, 2.45) is 5.73 Å². The number of halogens is 1. The van der Waals surface area contributed by atoms with E-state index >= 15 is 0 Å². The van der Waals surface area contributed by atoms with Crippen LogP contribution in [0.5, 0.6) is 0 Å². The lowest BCUT2D eigenvalue weighted by molar-refractivity contribution is 0.543. The van der Waals surface area contributed by atoms with Gasteiger partial charge in [0.05, 0.1) is 0 Å². The predicted octanol–water partition coefficient (Wildman–Crippen LogP) is 2.85. The quantitative estimate of drug-likeness (QED) is 0.818. The Bertz CT molecular complexity index is 459. The zero-order chi connectivity index (χ0) is 10.8.